The van der Waals surface area contributed by atoms with Crippen LogP contribution in [0, 0.1) is 0 Å². The predicted molar refractivity (Wildman–Crippen MR) is 104 cm³/mol. The van der Waals surface area contributed by atoms with Crippen molar-refractivity contribution in [3.8, 4) is 0 Å². The number of primary amides is 1. The van der Waals surface area contributed by atoms with Crippen molar-refractivity contribution in [2.75, 3.05) is 17.2 Å². The van der Waals surface area contributed by atoms with E-state index in [0.29, 0.717) is 17.4 Å². The van der Waals surface area contributed by atoms with Crippen LogP contribution in [0.2, 0.25) is 0 Å². The number of carbonyl (C=O) groups excluding carboxylic acids is 1. The first kappa shape index (κ1) is 17.4. The molecule has 0 spiro atoms. The third kappa shape index (κ3) is 4.57. The molecule has 1 aromatic heterocycles. The van der Waals surface area contributed by atoms with Gasteiger partial charge in [-0.2, -0.15) is 4.98 Å². The van der Waals surface area contributed by atoms with Crippen LogP contribution in [0.4, 0.5) is 17.5 Å². The zero-order valence-electron chi connectivity index (χ0n) is 14.5. The lowest BCUT2D eigenvalue weighted by Gasteiger charge is -2.14. The van der Waals surface area contributed by atoms with E-state index in [2.05, 4.69) is 39.7 Å². The highest BCUT2D eigenvalue weighted by Gasteiger charge is 2.06. The summed E-state index contributed by atoms with van der Waals surface area (Å²) < 4.78 is 0. The van der Waals surface area contributed by atoms with E-state index < -0.39 is 5.91 Å². The molecular weight excluding hydrogens is 326 g/mol. The zero-order valence-corrected chi connectivity index (χ0v) is 14.5. The number of carbonyl (C=O) groups is 1. The lowest BCUT2D eigenvalue weighted by atomic mass is 10.0. The summed E-state index contributed by atoms with van der Waals surface area (Å²) in [6, 6.07) is 19.0. The Bertz CT molecular complexity index is 865. The van der Waals surface area contributed by atoms with Crippen molar-refractivity contribution in [1.82, 2.24) is 9.97 Å². The molecule has 0 aliphatic carbocycles. The van der Waals surface area contributed by atoms with Gasteiger partial charge in [0.05, 0.1) is 0 Å². The van der Waals surface area contributed by atoms with Gasteiger partial charge >= 0.3 is 0 Å². The van der Waals surface area contributed by atoms with E-state index in [1.165, 1.54) is 5.56 Å². The first-order valence-corrected chi connectivity index (χ1v) is 8.40. The molecule has 0 saturated carbocycles. The van der Waals surface area contributed by atoms with Crippen LogP contribution in [0.3, 0.4) is 0 Å². The summed E-state index contributed by atoms with van der Waals surface area (Å²) in [5, 5.41) is 6.46. The third-order valence-electron chi connectivity index (χ3n) is 4.04. The van der Waals surface area contributed by atoms with Crippen molar-refractivity contribution in [1.29, 1.82) is 0 Å². The van der Waals surface area contributed by atoms with Gasteiger partial charge in [0.1, 0.15) is 5.82 Å². The predicted octanol–water partition coefficient (Wildman–Crippen LogP) is 3.53. The number of amides is 1. The van der Waals surface area contributed by atoms with Crippen LogP contribution in [0.25, 0.3) is 0 Å². The summed E-state index contributed by atoms with van der Waals surface area (Å²) in [7, 11) is 0. The molecule has 26 heavy (non-hydrogen) atoms. The van der Waals surface area contributed by atoms with Gasteiger partial charge in [-0.25, -0.2) is 4.98 Å². The lowest BCUT2D eigenvalue weighted by molar-refractivity contribution is 0.100. The minimum atomic E-state index is -0.452. The molecule has 132 valence electrons. The van der Waals surface area contributed by atoms with Crippen molar-refractivity contribution in [2.45, 2.75) is 12.8 Å². The van der Waals surface area contributed by atoms with Crippen LogP contribution in [-0.2, 0) is 0 Å². The average Bonchev–Trinajstić information content (AvgIpc) is 2.67. The molecule has 3 rings (SSSR count). The highest BCUT2D eigenvalue weighted by molar-refractivity contribution is 5.93. The van der Waals surface area contributed by atoms with E-state index in [1.807, 2.05) is 24.3 Å². The van der Waals surface area contributed by atoms with Gasteiger partial charge in [-0.15, -0.1) is 0 Å². The number of rotatable bonds is 7. The average molecular weight is 347 g/mol. The van der Waals surface area contributed by atoms with E-state index in [9.17, 15) is 4.79 Å². The van der Waals surface area contributed by atoms with Gasteiger partial charge in [-0.05, 0) is 41.8 Å². The van der Waals surface area contributed by atoms with Crippen LogP contribution in [0.1, 0.15) is 28.8 Å². The Hall–Kier alpha value is -3.41. The number of anilines is 3. The summed E-state index contributed by atoms with van der Waals surface area (Å²) >= 11 is 0. The van der Waals surface area contributed by atoms with E-state index in [-0.39, 0.29) is 0 Å². The Morgan fingerprint density at radius 2 is 1.81 bits per heavy atom. The van der Waals surface area contributed by atoms with Crippen molar-refractivity contribution < 1.29 is 4.79 Å². The molecule has 1 unspecified atom stereocenters. The summed E-state index contributed by atoms with van der Waals surface area (Å²) in [6.45, 7) is 2.94. The second-order valence-corrected chi connectivity index (χ2v) is 6.02. The minimum absolute atomic E-state index is 0.365. The van der Waals surface area contributed by atoms with Crippen molar-refractivity contribution in [3.05, 3.63) is 78.0 Å². The van der Waals surface area contributed by atoms with Crippen LogP contribution in [-0.4, -0.2) is 22.4 Å². The standard InChI is InChI=1S/C20H21N5O/c1-14(15-5-3-2-4-6-15)13-23-18-11-12-22-20(25-18)24-17-9-7-16(8-10-17)19(21)26/h2-12,14H,13H2,1H3,(H2,21,26)(H2,22,23,24,25). The van der Waals surface area contributed by atoms with Crippen LogP contribution in [0.15, 0.2) is 66.9 Å². The zero-order chi connectivity index (χ0) is 18.4. The maximum atomic E-state index is 11.1. The first-order chi connectivity index (χ1) is 12.6. The molecule has 1 heterocycles. The summed E-state index contributed by atoms with van der Waals surface area (Å²) in [5.74, 6) is 1.14. The monoisotopic (exact) mass is 347 g/mol. The summed E-state index contributed by atoms with van der Waals surface area (Å²) in [6.07, 6.45) is 1.70. The molecular formula is C20H21N5O. The Morgan fingerprint density at radius 1 is 1.08 bits per heavy atom. The second kappa shape index (κ2) is 8.11. The normalized spacial score (nSPS) is 11.6. The Kier molecular flexibility index (Phi) is 5.43. The number of nitrogens with zero attached hydrogens (tertiary/aromatic N) is 2. The number of hydrogen-bond acceptors (Lipinski definition) is 5. The van der Waals surface area contributed by atoms with Crippen LogP contribution >= 0.6 is 0 Å². The van der Waals surface area contributed by atoms with Crippen molar-refractivity contribution in [2.24, 2.45) is 5.73 Å². The van der Waals surface area contributed by atoms with Gasteiger partial charge in [-0.3, -0.25) is 4.79 Å². The molecule has 0 radical (unpaired) electrons. The topological polar surface area (TPSA) is 92.9 Å². The molecule has 0 saturated heterocycles. The van der Waals surface area contributed by atoms with Gasteiger partial charge in [0.25, 0.3) is 0 Å². The maximum Gasteiger partial charge on any atom is 0.248 e. The highest BCUT2D eigenvalue weighted by Crippen LogP contribution is 2.17. The molecule has 0 aliphatic rings. The fourth-order valence-corrected chi connectivity index (χ4v) is 2.52. The van der Waals surface area contributed by atoms with Crippen molar-refractivity contribution >= 4 is 23.4 Å². The fraction of sp³-hybridized carbons (Fsp3) is 0.150. The minimum Gasteiger partial charge on any atom is -0.369 e. The van der Waals surface area contributed by atoms with Gasteiger partial charge in [0.15, 0.2) is 0 Å². The largest absolute Gasteiger partial charge is 0.369 e. The van der Waals surface area contributed by atoms with Crippen LogP contribution in [0.5, 0.6) is 0 Å². The van der Waals surface area contributed by atoms with E-state index in [1.54, 1.807) is 30.5 Å². The number of nitrogens with one attached hydrogen (secondary N) is 2. The van der Waals surface area contributed by atoms with Gasteiger partial charge in [-0.1, -0.05) is 37.3 Å². The van der Waals surface area contributed by atoms with E-state index >= 15 is 0 Å². The molecule has 6 heteroatoms. The molecule has 2 aromatic carbocycles. The maximum absolute atomic E-state index is 11.1. The van der Waals surface area contributed by atoms with E-state index in [4.69, 9.17) is 5.73 Å². The lowest BCUT2D eigenvalue weighted by Crippen LogP contribution is -2.11. The molecule has 6 nitrogen and oxygen atoms in total. The Labute approximate surface area is 152 Å². The molecule has 0 fully saturated rings. The summed E-state index contributed by atoms with van der Waals surface area (Å²) in [4.78, 5) is 19.8. The van der Waals surface area contributed by atoms with Gasteiger partial charge in [0, 0.05) is 24.0 Å². The molecule has 0 bridgehead atoms. The smallest absolute Gasteiger partial charge is 0.248 e. The number of aromatic nitrogens is 2. The Balaban J connectivity index is 1.62. The third-order valence-corrected chi connectivity index (χ3v) is 4.04. The highest BCUT2D eigenvalue weighted by atomic mass is 16.1. The number of nitrogens with two attached hydrogens (primary N) is 1. The number of benzene rings is 2. The summed E-state index contributed by atoms with van der Waals surface area (Å²) in [5.41, 5.74) is 7.77. The van der Waals surface area contributed by atoms with Gasteiger partial charge < -0.3 is 16.4 Å². The molecule has 1 amide bonds. The quantitative estimate of drug-likeness (QED) is 0.608. The van der Waals surface area contributed by atoms with Crippen LogP contribution < -0.4 is 16.4 Å². The van der Waals surface area contributed by atoms with Gasteiger partial charge in [0.2, 0.25) is 11.9 Å². The number of hydrogen-bond donors (Lipinski definition) is 3. The Morgan fingerprint density at radius 3 is 2.50 bits per heavy atom. The first-order valence-electron chi connectivity index (χ1n) is 8.40. The molecule has 3 aromatic rings. The SMILES string of the molecule is CC(CNc1ccnc(Nc2ccc(C(N)=O)cc2)n1)c1ccccc1. The van der Waals surface area contributed by atoms with E-state index in [0.717, 1.165) is 18.1 Å². The molecule has 0 aliphatic heterocycles. The molecule has 4 N–H and O–H groups in total. The fourth-order valence-electron chi connectivity index (χ4n) is 2.52. The second-order valence-electron chi connectivity index (χ2n) is 6.02. The van der Waals surface area contributed by atoms with Crippen molar-refractivity contribution in [3.63, 3.8) is 0 Å². The molecule has 1 atom stereocenters.